The summed E-state index contributed by atoms with van der Waals surface area (Å²) in [4.78, 5) is 36.2. The third-order valence-electron chi connectivity index (χ3n) is 4.36. The molecule has 1 aromatic heterocycles. The molecular formula is C19H22N4O3. The second kappa shape index (κ2) is 7.95. The number of nitrogens with zero attached hydrogens (tertiary/aromatic N) is 4. The minimum Gasteiger partial charge on any atom is -0.451 e. The molecule has 0 fully saturated rings. The first-order valence-corrected chi connectivity index (χ1v) is 8.58. The number of aromatic nitrogens is 2. The minimum absolute atomic E-state index is 0.0233. The highest BCUT2D eigenvalue weighted by atomic mass is 16.5. The molecule has 1 aliphatic rings. The van der Waals surface area contributed by atoms with Crippen LogP contribution in [0.2, 0.25) is 0 Å². The summed E-state index contributed by atoms with van der Waals surface area (Å²) in [5.74, 6) is -0.235. The predicted molar refractivity (Wildman–Crippen MR) is 96.4 cm³/mol. The van der Waals surface area contributed by atoms with E-state index in [1.54, 1.807) is 42.2 Å². The molecule has 0 N–H and O–H groups in total. The summed E-state index contributed by atoms with van der Waals surface area (Å²) in [7, 11) is 1.70. The summed E-state index contributed by atoms with van der Waals surface area (Å²) in [5.41, 5.74) is 2.41. The normalized spacial score (nSPS) is 14.3. The predicted octanol–water partition coefficient (Wildman–Crippen LogP) is 1.43. The van der Waals surface area contributed by atoms with Gasteiger partial charge in [-0.05, 0) is 30.5 Å². The van der Waals surface area contributed by atoms with Crippen LogP contribution in [0.15, 0.2) is 42.7 Å². The second-order valence-corrected chi connectivity index (χ2v) is 6.32. The van der Waals surface area contributed by atoms with E-state index in [0.717, 1.165) is 12.0 Å². The number of carbonyl (C=O) groups excluding carboxylic acids is 2. The van der Waals surface area contributed by atoms with E-state index < -0.39 is 12.1 Å². The summed E-state index contributed by atoms with van der Waals surface area (Å²) in [6.07, 6.45) is 3.20. The van der Waals surface area contributed by atoms with Gasteiger partial charge >= 0.3 is 5.97 Å². The van der Waals surface area contributed by atoms with Crippen LogP contribution in [0, 0.1) is 0 Å². The number of esters is 1. The molecule has 0 radical (unpaired) electrons. The van der Waals surface area contributed by atoms with Gasteiger partial charge in [-0.2, -0.15) is 0 Å². The second-order valence-electron chi connectivity index (χ2n) is 6.32. The van der Waals surface area contributed by atoms with Crippen molar-refractivity contribution in [3.8, 4) is 0 Å². The molecule has 0 spiro atoms. The quantitative estimate of drug-likeness (QED) is 0.756. The van der Waals surface area contributed by atoms with Crippen molar-refractivity contribution in [2.24, 2.45) is 0 Å². The van der Waals surface area contributed by atoms with E-state index in [4.69, 9.17) is 4.74 Å². The van der Waals surface area contributed by atoms with Crippen LogP contribution in [0.3, 0.4) is 0 Å². The zero-order valence-electron chi connectivity index (χ0n) is 15.0. The Balaban J connectivity index is 1.53. The molecule has 2 heterocycles. The summed E-state index contributed by atoms with van der Waals surface area (Å²) < 4.78 is 5.32. The van der Waals surface area contributed by atoms with Crippen LogP contribution < -0.4 is 4.90 Å². The van der Waals surface area contributed by atoms with E-state index in [1.807, 2.05) is 18.2 Å². The third kappa shape index (κ3) is 4.17. The Morgan fingerprint density at radius 1 is 1.19 bits per heavy atom. The average Bonchev–Trinajstić information content (AvgIpc) is 2.67. The van der Waals surface area contributed by atoms with Crippen molar-refractivity contribution in [3.05, 3.63) is 53.9 Å². The zero-order valence-corrected chi connectivity index (χ0v) is 15.0. The maximum atomic E-state index is 12.6. The van der Waals surface area contributed by atoms with Gasteiger partial charge in [0.05, 0.1) is 0 Å². The highest BCUT2D eigenvalue weighted by Crippen LogP contribution is 2.19. The van der Waals surface area contributed by atoms with Crippen molar-refractivity contribution in [2.45, 2.75) is 26.0 Å². The number of benzene rings is 1. The highest BCUT2D eigenvalue weighted by Gasteiger charge is 2.27. The van der Waals surface area contributed by atoms with Crippen LogP contribution in [0.4, 0.5) is 5.95 Å². The fraction of sp³-hybridized carbons (Fsp3) is 0.368. The SMILES string of the molecule is CC(OC(=O)CN(C)c1ncccn1)C(=O)N1CCc2ccccc2C1. The fourth-order valence-electron chi connectivity index (χ4n) is 2.98. The van der Waals surface area contributed by atoms with E-state index in [-0.39, 0.29) is 12.5 Å². The van der Waals surface area contributed by atoms with Gasteiger partial charge in [0.1, 0.15) is 6.54 Å². The molecule has 0 aliphatic carbocycles. The number of likely N-dealkylation sites (N-methyl/N-ethyl adjacent to an activating group) is 1. The van der Waals surface area contributed by atoms with Crippen molar-refractivity contribution in [2.75, 3.05) is 25.0 Å². The smallest absolute Gasteiger partial charge is 0.326 e. The van der Waals surface area contributed by atoms with Gasteiger partial charge < -0.3 is 14.5 Å². The van der Waals surface area contributed by atoms with Gasteiger partial charge in [0, 0.05) is 32.5 Å². The Kier molecular flexibility index (Phi) is 5.46. The van der Waals surface area contributed by atoms with Gasteiger partial charge in [0.2, 0.25) is 5.95 Å². The molecule has 7 heteroatoms. The number of fused-ring (bicyclic) bond motifs is 1. The van der Waals surface area contributed by atoms with Crippen LogP contribution >= 0.6 is 0 Å². The van der Waals surface area contributed by atoms with Crippen molar-refractivity contribution in [3.63, 3.8) is 0 Å². The molecule has 1 unspecified atom stereocenters. The van der Waals surface area contributed by atoms with Gasteiger partial charge in [0.15, 0.2) is 6.10 Å². The lowest BCUT2D eigenvalue weighted by Gasteiger charge is -2.30. The van der Waals surface area contributed by atoms with E-state index in [0.29, 0.717) is 19.0 Å². The average molecular weight is 354 g/mol. The molecule has 0 bridgehead atoms. The molecule has 136 valence electrons. The minimum atomic E-state index is -0.821. The van der Waals surface area contributed by atoms with Gasteiger partial charge in [-0.15, -0.1) is 0 Å². The van der Waals surface area contributed by atoms with E-state index >= 15 is 0 Å². The Labute approximate surface area is 152 Å². The highest BCUT2D eigenvalue weighted by molar-refractivity contribution is 5.84. The monoisotopic (exact) mass is 354 g/mol. The largest absolute Gasteiger partial charge is 0.451 e. The topological polar surface area (TPSA) is 75.6 Å². The van der Waals surface area contributed by atoms with Gasteiger partial charge in [0.25, 0.3) is 5.91 Å². The van der Waals surface area contributed by atoms with Gasteiger partial charge in [-0.3, -0.25) is 9.59 Å². The van der Waals surface area contributed by atoms with Crippen LogP contribution in [-0.4, -0.2) is 53.0 Å². The molecule has 3 rings (SSSR count). The molecular weight excluding hydrogens is 332 g/mol. The molecule has 2 aromatic rings. The van der Waals surface area contributed by atoms with Gasteiger partial charge in [-0.25, -0.2) is 9.97 Å². The Hall–Kier alpha value is -2.96. The lowest BCUT2D eigenvalue weighted by Crippen LogP contribution is -2.43. The number of amides is 1. The van der Waals surface area contributed by atoms with E-state index in [9.17, 15) is 9.59 Å². The number of rotatable bonds is 5. The van der Waals surface area contributed by atoms with Crippen LogP contribution in [-0.2, 0) is 27.3 Å². The van der Waals surface area contributed by atoms with E-state index in [1.165, 1.54) is 5.56 Å². The number of hydrogen-bond donors (Lipinski definition) is 0. The first-order chi connectivity index (χ1) is 12.5. The summed E-state index contributed by atoms with van der Waals surface area (Å²) >= 11 is 0. The number of hydrogen-bond acceptors (Lipinski definition) is 6. The molecule has 26 heavy (non-hydrogen) atoms. The molecule has 7 nitrogen and oxygen atoms in total. The maximum Gasteiger partial charge on any atom is 0.326 e. The van der Waals surface area contributed by atoms with Crippen molar-refractivity contribution < 1.29 is 14.3 Å². The molecule has 0 saturated carbocycles. The van der Waals surface area contributed by atoms with Crippen molar-refractivity contribution >= 4 is 17.8 Å². The first kappa shape index (κ1) is 17.8. The number of carbonyl (C=O) groups is 2. The van der Waals surface area contributed by atoms with Gasteiger partial charge in [-0.1, -0.05) is 24.3 Å². The van der Waals surface area contributed by atoms with E-state index in [2.05, 4.69) is 16.0 Å². The lowest BCUT2D eigenvalue weighted by molar-refractivity contribution is -0.158. The van der Waals surface area contributed by atoms with Crippen molar-refractivity contribution in [1.82, 2.24) is 14.9 Å². The van der Waals surface area contributed by atoms with Crippen LogP contribution in [0.25, 0.3) is 0 Å². The zero-order chi connectivity index (χ0) is 18.5. The number of anilines is 1. The van der Waals surface area contributed by atoms with Crippen molar-refractivity contribution in [1.29, 1.82) is 0 Å². The van der Waals surface area contributed by atoms with Crippen LogP contribution in [0.1, 0.15) is 18.1 Å². The Bertz CT molecular complexity index is 781. The first-order valence-electron chi connectivity index (χ1n) is 8.58. The Morgan fingerprint density at radius 2 is 1.88 bits per heavy atom. The van der Waals surface area contributed by atoms with Crippen LogP contribution in [0.5, 0.6) is 0 Å². The Morgan fingerprint density at radius 3 is 2.62 bits per heavy atom. The number of ether oxygens (including phenoxy) is 1. The molecule has 0 saturated heterocycles. The standard InChI is InChI=1S/C19H22N4O3/c1-14(26-17(24)13-22(2)19-20-9-5-10-21-19)18(25)23-11-8-15-6-3-4-7-16(15)12-23/h3-7,9-10,14H,8,11-13H2,1-2H3. The summed E-state index contributed by atoms with van der Waals surface area (Å²) in [6.45, 7) is 2.77. The third-order valence-corrected chi connectivity index (χ3v) is 4.36. The molecule has 1 amide bonds. The fourth-order valence-corrected chi connectivity index (χ4v) is 2.98. The summed E-state index contributed by atoms with van der Waals surface area (Å²) in [5, 5.41) is 0. The lowest BCUT2D eigenvalue weighted by atomic mass is 9.99. The summed E-state index contributed by atoms with van der Waals surface area (Å²) in [6, 6.07) is 9.79. The molecule has 1 aliphatic heterocycles. The maximum absolute atomic E-state index is 12.6. The molecule has 1 aromatic carbocycles. The molecule has 1 atom stereocenters.